The molecule has 70 valence electrons. The van der Waals surface area contributed by atoms with E-state index in [1.165, 1.54) is 12.1 Å². The summed E-state index contributed by atoms with van der Waals surface area (Å²) in [5.41, 5.74) is 1.58. The minimum absolute atomic E-state index is 0.226. The van der Waals surface area contributed by atoms with E-state index in [0.29, 0.717) is 18.6 Å². The van der Waals surface area contributed by atoms with Gasteiger partial charge in [0.05, 0.1) is 5.71 Å². The van der Waals surface area contributed by atoms with Crippen LogP contribution < -0.4 is 0 Å². The molecule has 0 aromatic heterocycles. The highest BCUT2D eigenvalue weighted by Crippen LogP contribution is 2.06. The van der Waals surface area contributed by atoms with Crippen molar-refractivity contribution in [2.75, 3.05) is 0 Å². The first-order valence-electron chi connectivity index (χ1n) is 4.14. The third kappa shape index (κ3) is 3.23. The zero-order valence-electron chi connectivity index (χ0n) is 7.50. The highest BCUT2D eigenvalue weighted by Gasteiger charge is 1.97. The summed E-state index contributed by atoms with van der Waals surface area (Å²) in [7, 11) is 0. The second kappa shape index (κ2) is 4.60. The number of benzene rings is 1. The van der Waals surface area contributed by atoms with E-state index in [0.717, 1.165) is 5.56 Å². The third-order valence-corrected chi connectivity index (χ3v) is 1.84. The Morgan fingerprint density at radius 1 is 1.54 bits per heavy atom. The molecule has 0 saturated carbocycles. The number of aryl methyl sites for hydroxylation is 1. The molecule has 0 heterocycles. The van der Waals surface area contributed by atoms with Crippen molar-refractivity contribution in [1.82, 2.24) is 0 Å². The van der Waals surface area contributed by atoms with Gasteiger partial charge in [-0.2, -0.15) is 0 Å². The fraction of sp³-hybridized carbons (Fsp3) is 0.300. The number of rotatable bonds is 3. The molecule has 0 amide bonds. The normalized spacial score (nSPS) is 11.7. The minimum atomic E-state index is -0.226. The van der Waals surface area contributed by atoms with Crippen LogP contribution in [0.25, 0.3) is 0 Å². The molecule has 13 heavy (non-hydrogen) atoms. The van der Waals surface area contributed by atoms with Crippen LogP contribution in [-0.2, 0) is 6.42 Å². The maximum absolute atomic E-state index is 12.7. The smallest absolute Gasteiger partial charge is 0.123 e. The lowest BCUT2D eigenvalue weighted by molar-refractivity contribution is 0.317. The van der Waals surface area contributed by atoms with E-state index in [1.54, 1.807) is 13.0 Å². The molecule has 1 aromatic rings. The topological polar surface area (TPSA) is 32.6 Å². The van der Waals surface area contributed by atoms with Crippen LogP contribution in [0.15, 0.2) is 29.4 Å². The molecule has 0 aliphatic rings. The predicted octanol–water partition coefficient (Wildman–Crippen LogP) is 2.61. The molecule has 0 unspecified atom stereocenters. The maximum atomic E-state index is 12.7. The van der Waals surface area contributed by atoms with Crippen molar-refractivity contribution >= 4 is 5.71 Å². The predicted molar refractivity (Wildman–Crippen MR) is 49.6 cm³/mol. The number of halogens is 1. The summed E-state index contributed by atoms with van der Waals surface area (Å²) in [4.78, 5) is 0. The second-order valence-electron chi connectivity index (χ2n) is 2.97. The first-order valence-corrected chi connectivity index (χ1v) is 4.14. The molecule has 1 aromatic carbocycles. The van der Waals surface area contributed by atoms with Gasteiger partial charge in [0.2, 0.25) is 0 Å². The van der Waals surface area contributed by atoms with E-state index in [4.69, 9.17) is 5.21 Å². The van der Waals surface area contributed by atoms with Crippen LogP contribution in [-0.4, -0.2) is 10.9 Å². The van der Waals surface area contributed by atoms with Gasteiger partial charge in [0.15, 0.2) is 0 Å². The van der Waals surface area contributed by atoms with Crippen LogP contribution in [0.1, 0.15) is 18.9 Å². The molecule has 2 nitrogen and oxygen atoms in total. The van der Waals surface area contributed by atoms with Crippen molar-refractivity contribution in [2.24, 2.45) is 5.16 Å². The lowest BCUT2D eigenvalue weighted by Crippen LogP contribution is -1.95. The molecule has 1 N–H and O–H groups in total. The number of hydrogen-bond acceptors (Lipinski definition) is 2. The minimum Gasteiger partial charge on any atom is -0.411 e. The van der Waals surface area contributed by atoms with Gasteiger partial charge in [0, 0.05) is 0 Å². The highest BCUT2D eigenvalue weighted by atomic mass is 19.1. The molecular weight excluding hydrogens is 169 g/mol. The Bertz CT molecular complexity index is 310. The summed E-state index contributed by atoms with van der Waals surface area (Å²) in [6, 6.07) is 6.44. The summed E-state index contributed by atoms with van der Waals surface area (Å²) in [6.45, 7) is 1.74. The lowest BCUT2D eigenvalue weighted by Gasteiger charge is -1.99. The van der Waals surface area contributed by atoms with Crippen LogP contribution in [0, 0.1) is 5.82 Å². The van der Waals surface area contributed by atoms with Gasteiger partial charge in [-0.15, -0.1) is 0 Å². The Hall–Kier alpha value is -1.38. The summed E-state index contributed by atoms with van der Waals surface area (Å²) in [6.07, 6.45) is 1.35. The maximum Gasteiger partial charge on any atom is 0.123 e. The molecule has 3 heteroatoms. The third-order valence-electron chi connectivity index (χ3n) is 1.84. The van der Waals surface area contributed by atoms with Gasteiger partial charge in [-0.1, -0.05) is 17.3 Å². The number of oxime groups is 1. The second-order valence-corrected chi connectivity index (χ2v) is 2.97. The Labute approximate surface area is 76.7 Å². The van der Waals surface area contributed by atoms with Gasteiger partial charge in [0.1, 0.15) is 5.82 Å². The standard InChI is InChI=1S/C10H12FNO/c1-8(12-13)5-6-9-3-2-4-10(11)7-9/h2-4,7,13H,5-6H2,1H3/b12-8-. The van der Waals surface area contributed by atoms with Crippen LogP contribution in [0.4, 0.5) is 4.39 Å². The summed E-state index contributed by atoms with van der Waals surface area (Å²) >= 11 is 0. The quantitative estimate of drug-likeness (QED) is 0.434. The van der Waals surface area contributed by atoms with E-state index in [9.17, 15) is 4.39 Å². The molecule has 0 aliphatic heterocycles. The molecule has 0 spiro atoms. The molecular formula is C10H12FNO. The number of nitrogens with zero attached hydrogens (tertiary/aromatic N) is 1. The Morgan fingerprint density at radius 3 is 2.92 bits per heavy atom. The zero-order chi connectivity index (χ0) is 9.68. The van der Waals surface area contributed by atoms with E-state index < -0.39 is 0 Å². The highest BCUT2D eigenvalue weighted by molar-refractivity contribution is 5.81. The largest absolute Gasteiger partial charge is 0.411 e. The van der Waals surface area contributed by atoms with Crippen LogP contribution in [0.3, 0.4) is 0 Å². The summed E-state index contributed by atoms with van der Waals surface area (Å²) in [5, 5.41) is 11.4. The van der Waals surface area contributed by atoms with E-state index in [-0.39, 0.29) is 5.82 Å². The van der Waals surface area contributed by atoms with Gasteiger partial charge < -0.3 is 5.21 Å². The summed E-state index contributed by atoms with van der Waals surface area (Å²) in [5.74, 6) is -0.226. The average molecular weight is 181 g/mol. The molecule has 0 radical (unpaired) electrons. The van der Waals surface area contributed by atoms with Crippen molar-refractivity contribution in [3.8, 4) is 0 Å². The van der Waals surface area contributed by atoms with Crippen molar-refractivity contribution in [3.63, 3.8) is 0 Å². The van der Waals surface area contributed by atoms with Crippen LogP contribution >= 0.6 is 0 Å². The SMILES string of the molecule is C/C(CCc1cccc(F)c1)=N/O. The first-order chi connectivity index (χ1) is 6.22. The van der Waals surface area contributed by atoms with E-state index in [2.05, 4.69) is 5.16 Å². The van der Waals surface area contributed by atoms with Gasteiger partial charge in [0.25, 0.3) is 0 Å². The van der Waals surface area contributed by atoms with E-state index >= 15 is 0 Å². The van der Waals surface area contributed by atoms with Gasteiger partial charge in [-0.3, -0.25) is 0 Å². The van der Waals surface area contributed by atoms with E-state index in [1.807, 2.05) is 6.07 Å². The Morgan fingerprint density at radius 2 is 2.31 bits per heavy atom. The van der Waals surface area contributed by atoms with Crippen molar-refractivity contribution < 1.29 is 9.60 Å². The molecule has 0 fully saturated rings. The first kappa shape index (κ1) is 9.71. The monoisotopic (exact) mass is 181 g/mol. The van der Waals surface area contributed by atoms with Gasteiger partial charge in [-0.25, -0.2) is 4.39 Å². The van der Waals surface area contributed by atoms with Crippen molar-refractivity contribution in [3.05, 3.63) is 35.6 Å². The molecule has 0 aliphatic carbocycles. The van der Waals surface area contributed by atoms with Crippen LogP contribution in [0.5, 0.6) is 0 Å². The average Bonchev–Trinajstić information content (AvgIpc) is 2.14. The summed E-state index contributed by atoms with van der Waals surface area (Å²) < 4.78 is 12.7. The Kier molecular flexibility index (Phi) is 3.43. The fourth-order valence-corrected chi connectivity index (χ4v) is 1.07. The van der Waals surface area contributed by atoms with Crippen molar-refractivity contribution in [2.45, 2.75) is 19.8 Å². The Balaban J connectivity index is 2.55. The molecule has 0 atom stereocenters. The molecule has 1 rings (SSSR count). The fourth-order valence-electron chi connectivity index (χ4n) is 1.07. The van der Waals surface area contributed by atoms with Gasteiger partial charge in [-0.05, 0) is 37.5 Å². The number of hydrogen-bond donors (Lipinski definition) is 1. The van der Waals surface area contributed by atoms with Gasteiger partial charge >= 0.3 is 0 Å². The van der Waals surface area contributed by atoms with Crippen LogP contribution in [0.2, 0.25) is 0 Å². The van der Waals surface area contributed by atoms with Crippen molar-refractivity contribution in [1.29, 1.82) is 0 Å². The molecule has 0 saturated heterocycles. The molecule has 0 bridgehead atoms. The lowest BCUT2D eigenvalue weighted by atomic mass is 10.1. The zero-order valence-corrected chi connectivity index (χ0v) is 7.50.